The van der Waals surface area contributed by atoms with Crippen LogP contribution in [0.5, 0.6) is 0 Å². The molecule has 0 heterocycles. The molecule has 0 aliphatic rings. The van der Waals surface area contributed by atoms with E-state index >= 15 is 0 Å². The lowest BCUT2D eigenvalue weighted by Gasteiger charge is -2.12. The third kappa shape index (κ3) is 7.56. The van der Waals surface area contributed by atoms with Crippen molar-refractivity contribution in [1.82, 2.24) is 0 Å². The van der Waals surface area contributed by atoms with Crippen molar-refractivity contribution in [2.75, 3.05) is 6.61 Å². The Morgan fingerprint density at radius 3 is 2.55 bits per heavy atom. The Morgan fingerprint density at radius 1 is 1.20 bits per heavy atom. The second-order valence-electron chi connectivity index (χ2n) is 5.68. The van der Waals surface area contributed by atoms with E-state index in [1.54, 1.807) is 6.21 Å². The fourth-order valence-electron chi connectivity index (χ4n) is 1.48. The summed E-state index contributed by atoms with van der Waals surface area (Å²) in [5.41, 5.74) is 1.20. The van der Waals surface area contributed by atoms with Crippen LogP contribution in [0.25, 0.3) is 0 Å². The summed E-state index contributed by atoms with van der Waals surface area (Å²) in [6.45, 7) is 7.21. The van der Waals surface area contributed by atoms with Gasteiger partial charge in [0.05, 0.1) is 11.4 Å². The second-order valence-corrected chi connectivity index (χ2v) is 7.62. The topological polar surface area (TPSA) is 38.7 Å². The van der Waals surface area contributed by atoms with E-state index in [1.807, 2.05) is 39.0 Å². The molecule has 0 spiro atoms. The van der Waals surface area contributed by atoms with Crippen LogP contribution in [0.15, 0.2) is 34.7 Å². The first-order valence-electron chi connectivity index (χ1n) is 7.06. The summed E-state index contributed by atoms with van der Waals surface area (Å²) in [7, 11) is -1.13. The van der Waals surface area contributed by atoms with E-state index in [2.05, 4.69) is 16.5 Å². The van der Waals surface area contributed by atoms with Gasteiger partial charge in [0.1, 0.15) is 11.0 Å². The van der Waals surface area contributed by atoms with Gasteiger partial charge in [-0.3, -0.25) is 0 Å². The fourth-order valence-corrected chi connectivity index (χ4v) is 2.04. The highest BCUT2D eigenvalue weighted by Crippen LogP contribution is 2.11. The molecule has 0 saturated carbocycles. The predicted molar refractivity (Wildman–Crippen MR) is 86.3 cm³/mol. The van der Waals surface area contributed by atoms with E-state index in [9.17, 15) is 4.21 Å². The molecule has 0 aromatic heterocycles. The van der Waals surface area contributed by atoms with Crippen LogP contribution in [0, 0.1) is 0 Å². The standard InChI is InChI=1S/C16H25NO2S/c1-16(2,3)20(18)17-12-8-5-9-13-19-14-15-10-6-4-7-11-15/h4,6-7,10-12H,5,8-9,13-14H2,1-3H3/b17-12+/t20-/m1/s1. The van der Waals surface area contributed by atoms with Crippen molar-refractivity contribution in [1.29, 1.82) is 0 Å². The summed E-state index contributed by atoms with van der Waals surface area (Å²) in [5, 5.41) is 0. The number of hydrogen-bond acceptors (Lipinski definition) is 2. The lowest BCUT2D eigenvalue weighted by atomic mass is 10.2. The summed E-state index contributed by atoms with van der Waals surface area (Å²) in [5.74, 6) is 0. The molecule has 1 aromatic rings. The van der Waals surface area contributed by atoms with E-state index in [-0.39, 0.29) is 4.75 Å². The molecule has 0 unspecified atom stereocenters. The second kappa shape index (κ2) is 9.03. The zero-order valence-corrected chi connectivity index (χ0v) is 13.5. The Hall–Kier alpha value is -1.00. The number of ether oxygens (including phenoxy) is 1. The molecule has 112 valence electrons. The van der Waals surface area contributed by atoms with Crippen LogP contribution in [0.4, 0.5) is 0 Å². The molecular weight excluding hydrogens is 270 g/mol. The number of unbranched alkanes of at least 4 members (excludes halogenated alkanes) is 2. The van der Waals surface area contributed by atoms with Gasteiger partial charge in [-0.1, -0.05) is 30.3 Å². The molecular formula is C16H25NO2S. The Labute approximate surface area is 125 Å². The molecule has 1 atom stereocenters. The van der Waals surface area contributed by atoms with Crippen molar-refractivity contribution in [3.63, 3.8) is 0 Å². The van der Waals surface area contributed by atoms with Gasteiger partial charge in [0, 0.05) is 12.8 Å². The number of rotatable bonds is 8. The van der Waals surface area contributed by atoms with Crippen molar-refractivity contribution in [2.45, 2.75) is 51.4 Å². The van der Waals surface area contributed by atoms with Crippen molar-refractivity contribution in [2.24, 2.45) is 4.40 Å². The third-order valence-electron chi connectivity index (χ3n) is 2.68. The maximum atomic E-state index is 11.6. The Balaban J connectivity index is 2.03. The Bertz CT molecular complexity index is 424. The quantitative estimate of drug-likeness (QED) is 0.539. The normalized spacial score (nSPS) is 13.8. The van der Waals surface area contributed by atoms with Gasteiger partial charge in [0.2, 0.25) is 0 Å². The summed E-state index contributed by atoms with van der Waals surface area (Å²) >= 11 is 0. The zero-order chi connectivity index (χ0) is 14.8. The third-order valence-corrected chi connectivity index (χ3v) is 4.07. The van der Waals surface area contributed by atoms with Gasteiger partial charge in [0.25, 0.3) is 0 Å². The molecule has 0 bridgehead atoms. The van der Waals surface area contributed by atoms with Crippen LogP contribution >= 0.6 is 0 Å². The van der Waals surface area contributed by atoms with Gasteiger partial charge in [-0.2, -0.15) is 4.40 Å². The SMILES string of the molecule is CC(C)(C)[S@@](=O)/N=C/CCCCOCc1ccccc1. The van der Waals surface area contributed by atoms with E-state index < -0.39 is 11.0 Å². The van der Waals surface area contributed by atoms with E-state index in [0.29, 0.717) is 6.61 Å². The Morgan fingerprint density at radius 2 is 1.90 bits per heavy atom. The van der Waals surface area contributed by atoms with Gasteiger partial charge in [-0.25, -0.2) is 4.21 Å². The molecule has 0 radical (unpaired) electrons. The van der Waals surface area contributed by atoms with Gasteiger partial charge in [0.15, 0.2) is 0 Å². The first-order valence-corrected chi connectivity index (χ1v) is 8.17. The van der Waals surface area contributed by atoms with Crippen LogP contribution in [0.1, 0.15) is 45.6 Å². The summed E-state index contributed by atoms with van der Waals surface area (Å²) in [6.07, 6.45) is 4.65. The maximum Gasteiger partial charge on any atom is 0.144 e. The molecule has 0 amide bonds. The Kier molecular flexibility index (Phi) is 7.70. The molecule has 0 aliphatic heterocycles. The van der Waals surface area contributed by atoms with Crippen LogP contribution in [-0.2, 0) is 22.3 Å². The lowest BCUT2D eigenvalue weighted by Crippen LogP contribution is -2.19. The van der Waals surface area contributed by atoms with Crippen LogP contribution < -0.4 is 0 Å². The molecule has 3 nitrogen and oxygen atoms in total. The number of hydrogen-bond donors (Lipinski definition) is 0. The highest BCUT2D eigenvalue weighted by molar-refractivity contribution is 7.85. The van der Waals surface area contributed by atoms with E-state index in [0.717, 1.165) is 25.9 Å². The first-order chi connectivity index (χ1) is 9.50. The molecule has 0 fully saturated rings. The van der Waals surface area contributed by atoms with Gasteiger partial charge in [-0.15, -0.1) is 0 Å². The van der Waals surface area contributed by atoms with Crippen molar-refractivity contribution in [3.8, 4) is 0 Å². The number of nitrogens with zero attached hydrogens (tertiary/aromatic N) is 1. The first kappa shape index (κ1) is 17.1. The van der Waals surface area contributed by atoms with Crippen molar-refractivity contribution in [3.05, 3.63) is 35.9 Å². The minimum Gasteiger partial charge on any atom is -0.377 e. The van der Waals surface area contributed by atoms with E-state index in [4.69, 9.17) is 4.74 Å². The van der Waals surface area contributed by atoms with Gasteiger partial charge >= 0.3 is 0 Å². The van der Waals surface area contributed by atoms with Crippen molar-refractivity contribution < 1.29 is 8.95 Å². The average Bonchev–Trinajstić information content (AvgIpc) is 2.41. The lowest BCUT2D eigenvalue weighted by molar-refractivity contribution is 0.117. The number of benzene rings is 1. The summed E-state index contributed by atoms with van der Waals surface area (Å²) in [6, 6.07) is 10.2. The monoisotopic (exact) mass is 295 g/mol. The van der Waals surface area contributed by atoms with Gasteiger partial charge < -0.3 is 4.74 Å². The van der Waals surface area contributed by atoms with Crippen molar-refractivity contribution >= 4 is 17.2 Å². The molecule has 20 heavy (non-hydrogen) atoms. The minimum atomic E-state index is -1.13. The molecule has 1 rings (SSSR count). The zero-order valence-electron chi connectivity index (χ0n) is 12.7. The molecule has 4 heteroatoms. The van der Waals surface area contributed by atoms with Crippen LogP contribution in [0.3, 0.4) is 0 Å². The smallest absolute Gasteiger partial charge is 0.144 e. The molecule has 0 N–H and O–H groups in total. The van der Waals surface area contributed by atoms with E-state index in [1.165, 1.54) is 5.56 Å². The average molecular weight is 295 g/mol. The predicted octanol–water partition coefficient (Wildman–Crippen LogP) is 3.91. The summed E-state index contributed by atoms with van der Waals surface area (Å²) in [4.78, 5) is 0. The maximum absolute atomic E-state index is 11.6. The molecule has 0 saturated heterocycles. The summed E-state index contributed by atoms with van der Waals surface area (Å²) < 4.78 is 21.0. The molecule has 0 aliphatic carbocycles. The minimum absolute atomic E-state index is 0.269. The van der Waals surface area contributed by atoms with Crippen LogP contribution in [0.2, 0.25) is 0 Å². The highest BCUT2D eigenvalue weighted by Gasteiger charge is 2.17. The highest BCUT2D eigenvalue weighted by atomic mass is 32.2. The van der Waals surface area contributed by atoms with Gasteiger partial charge in [-0.05, 0) is 45.6 Å². The van der Waals surface area contributed by atoms with Crippen LogP contribution in [-0.4, -0.2) is 21.8 Å². The molecule has 1 aromatic carbocycles. The fraction of sp³-hybridized carbons (Fsp3) is 0.562. The largest absolute Gasteiger partial charge is 0.377 e.